The van der Waals surface area contributed by atoms with Gasteiger partial charge in [-0.25, -0.2) is 13.5 Å². The highest BCUT2D eigenvalue weighted by Gasteiger charge is 2.54. The lowest BCUT2D eigenvalue weighted by Crippen LogP contribution is -2.26. The van der Waals surface area contributed by atoms with E-state index in [4.69, 9.17) is 0 Å². The lowest BCUT2D eigenvalue weighted by atomic mass is 9.96. The Morgan fingerprint density at radius 3 is 2.53 bits per heavy atom. The van der Waals surface area contributed by atoms with E-state index >= 15 is 0 Å². The molecule has 3 heterocycles. The Morgan fingerprint density at radius 2 is 1.84 bits per heavy atom. The number of nitrogens with one attached hydrogen (secondary N) is 2. The third-order valence-electron chi connectivity index (χ3n) is 7.78. The van der Waals surface area contributed by atoms with Gasteiger partial charge in [0.15, 0.2) is 0 Å². The maximum Gasteiger partial charge on any atom is 0.263 e. The van der Waals surface area contributed by atoms with Crippen LogP contribution in [0.3, 0.4) is 0 Å². The quantitative estimate of drug-likeness (QED) is 0.213. The summed E-state index contributed by atoms with van der Waals surface area (Å²) in [6, 6.07) is 15.1. The van der Waals surface area contributed by atoms with Crippen molar-refractivity contribution in [3.63, 3.8) is 0 Å². The van der Waals surface area contributed by atoms with Gasteiger partial charge < -0.3 is 10.6 Å². The first-order chi connectivity index (χ1) is 20.6. The van der Waals surface area contributed by atoms with Gasteiger partial charge in [0.1, 0.15) is 23.4 Å². The fraction of sp³-hybridized carbons (Fsp3) is 0.312. The van der Waals surface area contributed by atoms with Crippen molar-refractivity contribution in [1.29, 1.82) is 10.5 Å². The molecule has 11 heteroatoms. The summed E-state index contributed by atoms with van der Waals surface area (Å²) < 4.78 is 29.2. The van der Waals surface area contributed by atoms with Crippen molar-refractivity contribution in [2.45, 2.75) is 51.6 Å². The molecule has 5 aromatic rings. The number of nitrogens with zero attached hydrogens (tertiary/aromatic N) is 7. The average molecular weight is 578 g/mol. The van der Waals surface area contributed by atoms with Crippen LogP contribution in [0.25, 0.3) is 21.7 Å². The monoisotopic (exact) mass is 577 g/mol. The molecule has 0 amide bonds. The number of hydrogen-bond acceptors (Lipinski definition) is 8. The van der Waals surface area contributed by atoms with Crippen molar-refractivity contribution in [3.8, 4) is 12.1 Å². The standard InChI is InChI=1S/C32H29F2N9/c1-31(2,3)18-39-28-21(14-36)15-38-27-20(13-35)11-22(12-24(27)28)40-29(23-6-4-5-19-7-10-37-16-25(19)23)26-17-43(42-41-26)32(8-9-32)30(33)34/h4-7,10-12,15-17,29-30,40H,8-9,18H2,1-3H3,(H,38,39)/t29-/m0/s1. The molecule has 0 bridgehead atoms. The Bertz CT molecular complexity index is 1920. The van der Waals surface area contributed by atoms with E-state index in [1.807, 2.05) is 30.3 Å². The van der Waals surface area contributed by atoms with E-state index < -0.39 is 18.0 Å². The molecule has 43 heavy (non-hydrogen) atoms. The van der Waals surface area contributed by atoms with Crippen LogP contribution in [0.5, 0.6) is 0 Å². The van der Waals surface area contributed by atoms with Crippen molar-refractivity contribution >= 4 is 33.1 Å². The van der Waals surface area contributed by atoms with Gasteiger partial charge in [0.05, 0.1) is 34.6 Å². The predicted octanol–water partition coefficient (Wildman–Crippen LogP) is 6.53. The fourth-order valence-electron chi connectivity index (χ4n) is 5.27. The van der Waals surface area contributed by atoms with Crippen LogP contribution >= 0.6 is 0 Å². The van der Waals surface area contributed by atoms with Crippen LogP contribution in [0.2, 0.25) is 0 Å². The second-order valence-electron chi connectivity index (χ2n) is 12.1. The van der Waals surface area contributed by atoms with Crippen molar-refractivity contribution in [2.24, 2.45) is 5.41 Å². The summed E-state index contributed by atoms with van der Waals surface area (Å²) >= 11 is 0. The number of pyridine rings is 2. The number of halogens is 2. The summed E-state index contributed by atoms with van der Waals surface area (Å²) in [5.74, 6) is 0. The van der Waals surface area contributed by atoms with Crippen LogP contribution in [0.4, 0.5) is 20.2 Å². The van der Waals surface area contributed by atoms with Gasteiger partial charge in [-0.3, -0.25) is 9.97 Å². The zero-order valence-corrected chi connectivity index (χ0v) is 23.9. The average Bonchev–Trinajstić information content (AvgIpc) is 3.67. The van der Waals surface area contributed by atoms with Crippen LogP contribution < -0.4 is 10.6 Å². The minimum Gasteiger partial charge on any atom is -0.383 e. The molecule has 1 aliphatic rings. The van der Waals surface area contributed by atoms with Gasteiger partial charge >= 0.3 is 0 Å². The molecule has 0 aliphatic heterocycles. The van der Waals surface area contributed by atoms with Crippen molar-refractivity contribution in [3.05, 3.63) is 83.6 Å². The first-order valence-electron chi connectivity index (χ1n) is 13.9. The molecule has 3 aromatic heterocycles. The zero-order valence-electron chi connectivity index (χ0n) is 23.9. The molecule has 6 rings (SSSR count). The van der Waals surface area contributed by atoms with Gasteiger partial charge in [0.25, 0.3) is 6.43 Å². The highest BCUT2D eigenvalue weighted by atomic mass is 19.3. The van der Waals surface area contributed by atoms with Gasteiger partial charge in [-0.2, -0.15) is 10.5 Å². The van der Waals surface area contributed by atoms with E-state index in [1.54, 1.807) is 24.7 Å². The summed E-state index contributed by atoms with van der Waals surface area (Å²) in [6.07, 6.45) is 4.61. The Hall–Kier alpha value is -5.16. The van der Waals surface area contributed by atoms with Crippen LogP contribution in [0.1, 0.15) is 62.0 Å². The summed E-state index contributed by atoms with van der Waals surface area (Å²) in [4.78, 5) is 8.76. The normalized spacial score (nSPS) is 14.8. The summed E-state index contributed by atoms with van der Waals surface area (Å²) in [5.41, 5.74) is 2.14. The van der Waals surface area contributed by atoms with E-state index in [-0.39, 0.29) is 5.41 Å². The van der Waals surface area contributed by atoms with Crippen LogP contribution in [-0.2, 0) is 5.54 Å². The first-order valence-corrected chi connectivity index (χ1v) is 13.9. The van der Waals surface area contributed by atoms with Crippen molar-refractivity contribution in [2.75, 3.05) is 17.2 Å². The van der Waals surface area contributed by atoms with Gasteiger partial charge in [0.2, 0.25) is 0 Å². The maximum atomic E-state index is 13.9. The van der Waals surface area contributed by atoms with Crippen molar-refractivity contribution < 1.29 is 8.78 Å². The predicted molar refractivity (Wildman–Crippen MR) is 160 cm³/mol. The molecular formula is C32H29F2N9. The zero-order chi connectivity index (χ0) is 30.4. The minimum absolute atomic E-state index is 0.0767. The van der Waals surface area contributed by atoms with E-state index in [0.29, 0.717) is 58.5 Å². The van der Waals surface area contributed by atoms with E-state index in [2.05, 4.69) is 63.8 Å². The second kappa shape index (κ2) is 10.6. The van der Waals surface area contributed by atoms with Gasteiger partial charge in [-0.1, -0.05) is 44.2 Å². The number of anilines is 2. The molecule has 1 aliphatic carbocycles. The molecule has 9 nitrogen and oxygen atoms in total. The molecule has 0 radical (unpaired) electrons. The molecule has 0 unspecified atom stereocenters. The molecule has 0 saturated heterocycles. The Kier molecular flexibility index (Phi) is 6.89. The largest absolute Gasteiger partial charge is 0.383 e. The second-order valence-corrected chi connectivity index (χ2v) is 12.1. The molecule has 1 fully saturated rings. The van der Waals surface area contributed by atoms with E-state index in [9.17, 15) is 19.3 Å². The number of benzene rings is 2. The first kappa shape index (κ1) is 28.0. The molecule has 1 saturated carbocycles. The minimum atomic E-state index is -2.56. The maximum absolute atomic E-state index is 13.9. The SMILES string of the molecule is CC(C)(C)CNc1c(C#N)cnc2c(C#N)cc(N[C@H](c3cn(C4(C(F)F)CC4)nn3)c3cccc4ccncc34)cc12. The Morgan fingerprint density at radius 1 is 1.05 bits per heavy atom. The smallest absolute Gasteiger partial charge is 0.263 e. The third kappa shape index (κ3) is 5.19. The summed E-state index contributed by atoms with van der Waals surface area (Å²) in [7, 11) is 0. The highest BCUT2D eigenvalue weighted by molar-refractivity contribution is 5.99. The van der Waals surface area contributed by atoms with Gasteiger partial charge in [-0.15, -0.1) is 5.10 Å². The number of hydrogen-bond donors (Lipinski definition) is 2. The van der Waals surface area contributed by atoms with Crippen LogP contribution in [-0.4, -0.2) is 37.9 Å². The fourth-order valence-corrected chi connectivity index (χ4v) is 5.27. The van der Waals surface area contributed by atoms with Crippen LogP contribution in [0.15, 0.2) is 61.2 Å². The van der Waals surface area contributed by atoms with Gasteiger partial charge in [-0.05, 0) is 47.4 Å². The molecular weight excluding hydrogens is 548 g/mol. The number of fused-ring (bicyclic) bond motifs is 2. The third-order valence-corrected chi connectivity index (χ3v) is 7.78. The van der Waals surface area contributed by atoms with E-state index in [0.717, 1.165) is 16.3 Å². The molecule has 1 atom stereocenters. The summed E-state index contributed by atoms with van der Waals surface area (Å²) in [6.45, 7) is 6.83. The number of aromatic nitrogens is 5. The number of rotatable bonds is 8. The topological polar surface area (TPSA) is 128 Å². The Balaban J connectivity index is 1.51. The van der Waals surface area contributed by atoms with Crippen LogP contribution in [0, 0.1) is 28.1 Å². The number of nitriles is 2. The molecule has 2 aromatic carbocycles. The summed E-state index contributed by atoms with van der Waals surface area (Å²) in [5, 5.41) is 37.8. The lowest BCUT2D eigenvalue weighted by molar-refractivity contribution is 0.0593. The van der Waals surface area contributed by atoms with Crippen molar-refractivity contribution in [1.82, 2.24) is 25.0 Å². The lowest BCUT2D eigenvalue weighted by Gasteiger charge is -2.23. The number of alkyl halides is 2. The molecule has 2 N–H and O–H groups in total. The van der Waals surface area contributed by atoms with E-state index in [1.165, 1.54) is 10.9 Å². The molecule has 216 valence electrons. The molecule has 0 spiro atoms. The van der Waals surface area contributed by atoms with Gasteiger partial charge in [0, 0.05) is 41.6 Å². The highest BCUT2D eigenvalue weighted by Crippen LogP contribution is 2.48. The Labute approximate surface area is 247 Å².